The lowest BCUT2D eigenvalue weighted by Gasteiger charge is -2.21. The summed E-state index contributed by atoms with van der Waals surface area (Å²) in [5.74, 6) is -0.986. The first kappa shape index (κ1) is 29.0. The fraction of sp³-hybridized carbons (Fsp3) is 0.188. The molecule has 0 bridgehead atoms. The lowest BCUT2D eigenvalue weighted by molar-refractivity contribution is -0.151. The number of hydrogen-bond acceptors (Lipinski definition) is 11. The van der Waals surface area contributed by atoms with E-state index in [0.29, 0.717) is 16.9 Å². The molecule has 6 aromatic rings. The second-order valence-electron chi connectivity index (χ2n) is 10.7. The fourth-order valence-electron chi connectivity index (χ4n) is 5.77. The number of carboxylic acid groups (broad SMARTS) is 1. The van der Waals surface area contributed by atoms with Gasteiger partial charge in [0.2, 0.25) is 5.88 Å². The molecule has 8 rings (SSSR count). The van der Waals surface area contributed by atoms with E-state index in [2.05, 4.69) is 30.6 Å². The second kappa shape index (κ2) is 12.0. The first-order valence-corrected chi connectivity index (χ1v) is 15.5. The average molecular weight is 652 g/mol. The van der Waals surface area contributed by atoms with E-state index < -0.39 is 42.8 Å². The number of hydrogen-bond donors (Lipinski definition) is 3. The van der Waals surface area contributed by atoms with Crippen molar-refractivity contribution >= 4 is 56.1 Å². The van der Waals surface area contributed by atoms with Gasteiger partial charge in [-0.05, 0) is 30.3 Å². The van der Waals surface area contributed by atoms with Crippen LogP contribution in [-0.2, 0) is 14.2 Å². The molecular formula is C32H25N7O7S. The van der Waals surface area contributed by atoms with E-state index >= 15 is 0 Å². The van der Waals surface area contributed by atoms with Gasteiger partial charge in [0, 0.05) is 32.9 Å². The van der Waals surface area contributed by atoms with E-state index in [-0.39, 0.29) is 23.9 Å². The van der Waals surface area contributed by atoms with Gasteiger partial charge in [0.05, 0.1) is 6.33 Å². The predicted octanol–water partition coefficient (Wildman–Crippen LogP) is 5.24. The number of thiophene rings is 1. The summed E-state index contributed by atoms with van der Waals surface area (Å²) >= 11 is 1.60. The maximum absolute atomic E-state index is 12.7. The molecule has 14 nitrogen and oxygen atoms in total. The molecule has 5 atom stereocenters. The van der Waals surface area contributed by atoms with Crippen molar-refractivity contribution in [2.45, 2.75) is 30.8 Å². The molecule has 3 N–H and O–H groups in total. The van der Waals surface area contributed by atoms with Crippen LogP contribution in [-0.4, -0.2) is 66.5 Å². The fourth-order valence-corrected chi connectivity index (χ4v) is 6.73. The minimum absolute atomic E-state index is 0.0341. The van der Waals surface area contributed by atoms with E-state index in [1.54, 1.807) is 34.4 Å². The number of aromatic carboxylic acids is 1. The van der Waals surface area contributed by atoms with Crippen LogP contribution in [0, 0.1) is 0 Å². The topological polar surface area (TPSA) is 172 Å². The Kier molecular flexibility index (Phi) is 7.41. The van der Waals surface area contributed by atoms with E-state index in [1.165, 1.54) is 24.7 Å². The number of benzene rings is 2. The largest absolute Gasteiger partial charge is 0.477 e. The Hall–Kier alpha value is -5.48. The van der Waals surface area contributed by atoms with Gasteiger partial charge in [0.25, 0.3) is 0 Å². The maximum Gasteiger partial charge on any atom is 0.341 e. The smallest absolute Gasteiger partial charge is 0.341 e. The van der Waals surface area contributed by atoms with E-state index in [9.17, 15) is 14.7 Å². The summed E-state index contributed by atoms with van der Waals surface area (Å²) in [6.45, 7) is -0.0660. The number of anilines is 2. The van der Waals surface area contributed by atoms with Crippen molar-refractivity contribution in [2.24, 2.45) is 0 Å². The Labute approximate surface area is 269 Å². The predicted molar refractivity (Wildman–Crippen MR) is 169 cm³/mol. The van der Waals surface area contributed by atoms with Gasteiger partial charge in [-0.15, -0.1) is 11.3 Å². The second-order valence-corrected chi connectivity index (χ2v) is 11.7. The van der Waals surface area contributed by atoms with Crippen LogP contribution in [0.5, 0.6) is 5.88 Å². The molecule has 4 aromatic heterocycles. The minimum Gasteiger partial charge on any atom is -0.477 e. The molecule has 2 aliphatic heterocycles. The number of fused-ring (bicyclic) bond motifs is 3. The number of amides is 2. The number of carbonyl (C=O) groups excluding carboxylic acids is 1. The van der Waals surface area contributed by atoms with Gasteiger partial charge >= 0.3 is 12.0 Å². The number of pyridine rings is 1. The number of aromatic nitrogens is 5. The molecule has 6 heterocycles. The molecule has 2 amide bonds. The number of carbonyl (C=O) groups is 2. The number of nitrogens with zero attached hydrogens (tertiary/aromatic N) is 5. The van der Waals surface area contributed by atoms with E-state index in [1.807, 2.05) is 47.8 Å². The first-order valence-electron chi connectivity index (χ1n) is 14.6. The third-order valence-corrected chi connectivity index (χ3v) is 8.88. The summed E-state index contributed by atoms with van der Waals surface area (Å²) in [5, 5.41) is 18.1. The Morgan fingerprint density at radius 1 is 0.915 bits per heavy atom. The summed E-state index contributed by atoms with van der Waals surface area (Å²) in [5.41, 5.74) is 2.18. The number of ether oxygens (including phenoxy) is 4. The molecule has 0 spiro atoms. The molecule has 5 unspecified atom stereocenters. The van der Waals surface area contributed by atoms with Crippen molar-refractivity contribution in [3.8, 4) is 5.88 Å². The molecule has 2 fully saturated rings. The Bertz CT molecular complexity index is 2110. The Balaban J connectivity index is 1.09. The van der Waals surface area contributed by atoms with Crippen LogP contribution in [0.25, 0.3) is 21.3 Å². The van der Waals surface area contributed by atoms with Crippen molar-refractivity contribution in [2.75, 3.05) is 17.2 Å². The van der Waals surface area contributed by atoms with E-state index in [0.717, 1.165) is 15.6 Å². The molecule has 15 heteroatoms. The summed E-state index contributed by atoms with van der Waals surface area (Å²) < 4.78 is 28.2. The van der Waals surface area contributed by atoms with Gasteiger partial charge in [0.1, 0.15) is 36.8 Å². The van der Waals surface area contributed by atoms with Crippen LogP contribution < -0.4 is 15.4 Å². The highest BCUT2D eigenvalue weighted by atomic mass is 32.1. The van der Waals surface area contributed by atoms with Crippen molar-refractivity contribution in [1.82, 2.24) is 24.5 Å². The monoisotopic (exact) mass is 651 g/mol. The van der Waals surface area contributed by atoms with Gasteiger partial charge in [-0.1, -0.05) is 36.4 Å². The highest BCUT2D eigenvalue weighted by molar-refractivity contribution is 7.17. The summed E-state index contributed by atoms with van der Waals surface area (Å²) in [7, 11) is 0. The van der Waals surface area contributed by atoms with Crippen LogP contribution in [0.4, 0.5) is 16.3 Å². The quantitative estimate of drug-likeness (QED) is 0.197. The number of nitrogens with one attached hydrogen (secondary N) is 2. The zero-order chi connectivity index (χ0) is 31.9. The minimum atomic E-state index is -1.16. The van der Waals surface area contributed by atoms with Gasteiger partial charge in [0.15, 0.2) is 29.5 Å². The van der Waals surface area contributed by atoms with Crippen LogP contribution in [0.2, 0.25) is 0 Å². The zero-order valence-electron chi connectivity index (χ0n) is 24.3. The summed E-state index contributed by atoms with van der Waals surface area (Å²) in [6, 6.07) is 19.5. The molecule has 0 saturated carbocycles. The number of carboxylic acids is 1. The number of imidazole rings is 1. The molecule has 0 aliphatic carbocycles. The molecule has 0 radical (unpaired) electrons. The molecule has 2 saturated heterocycles. The van der Waals surface area contributed by atoms with Crippen LogP contribution in [0.3, 0.4) is 0 Å². The lowest BCUT2D eigenvalue weighted by atomic mass is 10.1. The average Bonchev–Trinajstić information content (AvgIpc) is 3.87. The van der Waals surface area contributed by atoms with Crippen LogP contribution in [0.1, 0.15) is 28.4 Å². The molecular weight excluding hydrogens is 626 g/mol. The SMILES string of the molecule is O=C(Nc1ccccc1)Nc1ncnc2c1ncn2C1OC(COc2ncccc2C(=O)O)C2OC(c3csc4ccccc34)OC21. The third-order valence-electron chi connectivity index (χ3n) is 7.89. The highest BCUT2D eigenvalue weighted by Crippen LogP contribution is 2.47. The van der Waals surface area contributed by atoms with Crippen molar-refractivity contribution in [1.29, 1.82) is 0 Å². The van der Waals surface area contributed by atoms with Gasteiger partial charge in [-0.2, -0.15) is 0 Å². The normalized spacial score (nSPS) is 21.9. The van der Waals surface area contributed by atoms with Crippen LogP contribution in [0.15, 0.2) is 91.0 Å². The lowest BCUT2D eigenvalue weighted by Crippen LogP contribution is -2.33. The Morgan fingerprint density at radius 3 is 2.62 bits per heavy atom. The number of para-hydroxylation sites is 1. The van der Waals surface area contributed by atoms with E-state index in [4.69, 9.17) is 18.9 Å². The third kappa shape index (κ3) is 5.40. The van der Waals surface area contributed by atoms with Crippen molar-refractivity contribution < 1.29 is 33.6 Å². The summed E-state index contributed by atoms with van der Waals surface area (Å²) in [4.78, 5) is 41.8. The van der Waals surface area contributed by atoms with Crippen LogP contribution >= 0.6 is 11.3 Å². The van der Waals surface area contributed by atoms with Gasteiger partial charge < -0.3 is 29.4 Å². The maximum atomic E-state index is 12.7. The number of urea groups is 1. The van der Waals surface area contributed by atoms with Gasteiger partial charge in [-0.25, -0.2) is 29.5 Å². The Morgan fingerprint density at radius 2 is 1.74 bits per heavy atom. The first-order chi connectivity index (χ1) is 23.0. The van der Waals surface area contributed by atoms with Crippen molar-refractivity contribution in [3.63, 3.8) is 0 Å². The molecule has 2 aromatic carbocycles. The summed E-state index contributed by atoms with van der Waals surface area (Å²) in [6.07, 6.45) is 0.958. The molecule has 2 aliphatic rings. The van der Waals surface area contributed by atoms with Gasteiger partial charge in [-0.3, -0.25) is 9.88 Å². The highest BCUT2D eigenvalue weighted by Gasteiger charge is 2.54. The number of rotatable bonds is 8. The standard InChI is InChI=1S/C32H25N7O7S/c40-30(41)19-10-6-12-33-28(19)43-13-21-24-25(46-31(45-24)20-14-47-22-11-5-4-9-18(20)22)29(44-21)39-16-36-23-26(34-15-35-27(23)39)38-32(42)37-17-7-2-1-3-8-17/h1-12,14-16,21,24-25,29,31H,13H2,(H,40,41)(H2,34,35,37,38,42). The molecule has 47 heavy (non-hydrogen) atoms. The molecule has 236 valence electrons. The zero-order valence-corrected chi connectivity index (χ0v) is 25.1. The van der Waals surface area contributed by atoms with Crippen molar-refractivity contribution in [3.05, 3.63) is 102 Å².